The Morgan fingerprint density at radius 3 is 2.08 bits per heavy atom. The van der Waals surface area contributed by atoms with Crippen molar-refractivity contribution in [3.8, 4) is 5.75 Å². The van der Waals surface area contributed by atoms with Crippen molar-refractivity contribution in [3.05, 3.63) is 53.6 Å². The van der Waals surface area contributed by atoms with E-state index in [9.17, 15) is 9.59 Å². The van der Waals surface area contributed by atoms with Crippen molar-refractivity contribution in [1.82, 2.24) is 0 Å². The third-order valence-corrected chi connectivity index (χ3v) is 3.90. The Balaban J connectivity index is 1.95. The minimum absolute atomic E-state index is 0.0644. The van der Waals surface area contributed by atoms with E-state index in [1.54, 1.807) is 19.1 Å². The number of carbonyl (C=O) groups excluding carboxylic acids is 2. The summed E-state index contributed by atoms with van der Waals surface area (Å²) in [4.78, 5) is 23.7. The summed E-state index contributed by atoms with van der Waals surface area (Å²) in [6.45, 7) is 5.66. The number of hydrogen-bond donors (Lipinski definition) is 2. The summed E-state index contributed by atoms with van der Waals surface area (Å²) in [5.74, 6) is 0.347. The quantitative estimate of drug-likeness (QED) is 0.803. The Hall–Kier alpha value is -2.82. The maximum Gasteiger partial charge on any atom is 0.262 e. The Morgan fingerprint density at radius 2 is 1.52 bits per heavy atom. The van der Waals surface area contributed by atoms with E-state index in [2.05, 4.69) is 17.6 Å². The molecule has 0 heterocycles. The van der Waals surface area contributed by atoms with Crippen LogP contribution in [0.4, 0.5) is 11.4 Å². The highest BCUT2D eigenvalue weighted by atomic mass is 16.5. The van der Waals surface area contributed by atoms with E-state index in [-0.39, 0.29) is 18.4 Å². The second kappa shape index (κ2) is 8.87. The normalized spacial score (nSPS) is 10.2. The molecule has 0 saturated heterocycles. The predicted octanol–water partition coefficient (Wildman–Crippen LogP) is 3.92. The lowest BCUT2D eigenvalue weighted by Gasteiger charge is -2.13. The maximum absolute atomic E-state index is 12.1. The van der Waals surface area contributed by atoms with Crippen molar-refractivity contribution >= 4 is 23.2 Å². The summed E-state index contributed by atoms with van der Waals surface area (Å²) < 4.78 is 5.51. The molecule has 5 nitrogen and oxygen atoms in total. The van der Waals surface area contributed by atoms with Gasteiger partial charge in [-0.3, -0.25) is 9.59 Å². The molecule has 0 aliphatic carbocycles. The van der Waals surface area contributed by atoms with Gasteiger partial charge in [0.25, 0.3) is 5.91 Å². The van der Waals surface area contributed by atoms with Gasteiger partial charge < -0.3 is 15.4 Å². The first kappa shape index (κ1) is 18.5. The number of benzene rings is 2. The molecule has 0 saturated carbocycles. The van der Waals surface area contributed by atoms with Gasteiger partial charge in [-0.25, -0.2) is 0 Å². The molecule has 2 amide bonds. The summed E-state index contributed by atoms with van der Waals surface area (Å²) in [6.07, 6.45) is 1.37. The van der Waals surface area contributed by atoms with Gasteiger partial charge in [-0.05, 0) is 48.7 Å². The molecule has 2 rings (SSSR count). The first-order valence-corrected chi connectivity index (χ1v) is 8.44. The maximum atomic E-state index is 12.1. The first-order chi connectivity index (χ1) is 12.0. The van der Waals surface area contributed by atoms with Gasteiger partial charge in [-0.15, -0.1) is 0 Å². The highest BCUT2D eigenvalue weighted by Gasteiger charge is 2.10. The third kappa shape index (κ3) is 5.35. The van der Waals surface area contributed by atoms with Crippen LogP contribution in [0.15, 0.2) is 42.5 Å². The third-order valence-electron chi connectivity index (χ3n) is 3.90. The molecule has 0 atom stereocenters. The van der Waals surface area contributed by atoms with E-state index in [4.69, 9.17) is 4.74 Å². The molecule has 2 aromatic carbocycles. The van der Waals surface area contributed by atoms with E-state index in [1.165, 1.54) is 5.56 Å². The molecule has 0 fully saturated rings. The summed E-state index contributed by atoms with van der Waals surface area (Å²) in [5, 5.41) is 5.64. The largest absolute Gasteiger partial charge is 0.484 e. The lowest BCUT2D eigenvalue weighted by atomic mass is 10.1. The van der Waals surface area contributed by atoms with E-state index in [0.29, 0.717) is 23.5 Å². The van der Waals surface area contributed by atoms with Crippen LogP contribution < -0.4 is 15.4 Å². The molecule has 0 spiro atoms. The van der Waals surface area contributed by atoms with E-state index in [1.807, 2.05) is 37.3 Å². The summed E-state index contributed by atoms with van der Waals surface area (Å²) in [5.41, 5.74) is 3.38. The Morgan fingerprint density at radius 1 is 0.920 bits per heavy atom. The number of anilines is 2. The Labute approximate surface area is 148 Å². The lowest BCUT2D eigenvalue weighted by molar-refractivity contribution is -0.118. The van der Waals surface area contributed by atoms with Crippen LogP contribution in [-0.4, -0.2) is 18.4 Å². The van der Waals surface area contributed by atoms with Gasteiger partial charge in [0.15, 0.2) is 6.61 Å². The van der Waals surface area contributed by atoms with Gasteiger partial charge in [-0.1, -0.05) is 32.0 Å². The highest BCUT2D eigenvalue weighted by molar-refractivity contribution is 5.96. The molecule has 132 valence electrons. The van der Waals surface area contributed by atoms with Crippen LogP contribution in [0.5, 0.6) is 5.75 Å². The Kier molecular flexibility index (Phi) is 6.57. The molecule has 0 unspecified atom stereocenters. The van der Waals surface area contributed by atoms with Crippen LogP contribution in [0.1, 0.15) is 31.4 Å². The summed E-state index contributed by atoms with van der Waals surface area (Å²) in [7, 11) is 0. The molecule has 25 heavy (non-hydrogen) atoms. The van der Waals surface area contributed by atoms with Crippen molar-refractivity contribution in [3.63, 3.8) is 0 Å². The molecule has 0 bridgehead atoms. The van der Waals surface area contributed by atoms with Crippen molar-refractivity contribution in [1.29, 1.82) is 0 Å². The number of amides is 2. The fourth-order valence-electron chi connectivity index (χ4n) is 2.30. The fraction of sp³-hybridized carbons (Fsp3) is 0.300. The van der Waals surface area contributed by atoms with Crippen molar-refractivity contribution < 1.29 is 14.3 Å². The van der Waals surface area contributed by atoms with Crippen LogP contribution in [0.3, 0.4) is 0 Å². The standard InChI is InChI=1S/C20H24N2O3/c1-4-15-9-11-16(12-10-15)25-13-20(24)22-18-8-6-7-17(14(18)3)21-19(23)5-2/h6-12H,4-5,13H2,1-3H3,(H,21,23)(H,22,24). The number of nitrogens with one attached hydrogen (secondary N) is 2. The SMILES string of the molecule is CCC(=O)Nc1cccc(NC(=O)COc2ccc(CC)cc2)c1C. The van der Waals surface area contributed by atoms with Crippen LogP contribution in [0.2, 0.25) is 0 Å². The molecule has 0 aliphatic heterocycles. The average Bonchev–Trinajstić information content (AvgIpc) is 2.63. The molecule has 5 heteroatoms. The number of ether oxygens (including phenoxy) is 1. The minimum Gasteiger partial charge on any atom is -0.484 e. The van der Waals surface area contributed by atoms with Crippen molar-refractivity contribution in [2.24, 2.45) is 0 Å². The van der Waals surface area contributed by atoms with E-state index < -0.39 is 0 Å². The summed E-state index contributed by atoms with van der Waals surface area (Å²) in [6, 6.07) is 13.1. The second-order valence-electron chi connectivity index (χ2n) is 5.71. The molecule has 2 aromatic rings. The van der Waals surface area contributed by atoms with Gasteiger partial charge in [0.2, 0.25) is 5.91 Å². The van der Waals surface area contributed by atoms with Gasteiger partial charge >= 0.3 is 0 Å². The molecule has 0 aromatic heterocycles. The van der Waals surface area contributed by atoms with Gasteiger partial charge in [0.05, 0.1) is 0 Å². The van der Waals surface area contributed by atoms with Crippen molar-refractivity contribution in [2.45, 2.75) is 33.6 Å². The molecule has 0 aliphatic rings. The predicted molar refractivity (Wildman–Crippen MR) is 100 cm³/mol. The van der Waals surface area contributed by atoms with E-state index >= 15 is 0 Å². The number of carbonyl (C=O) groups is 2. The molecular weight excluding hydrogens is 316 g/mol. The zero-order valence-electron chi connectivity index (χ0n) is 14.9. The zero-order valence-corrected chi connectivity index (χ0v) is 14.9. The topological polar surface area (TPSA) is 67.4 Å². The molecule has 0 radical (unpaired) electrons. The van der Waals surface area contributed by atoms with Gasteiger partial charge in [0, 0.05) is 17.8 Å². The van der Waals surface area contributed by atoms with Crippen LogP contribution >= 0.6 is 0 Å². The van der Waals surface area contributed by atoms with E-state index in [0.717, 1.165) is 12.0 Å². The smallest absolute Gasteiger partial charge is 0.262 e. The fourth-order valence-corrected chi connectivity index (χ4v) is 2.30. The number of hydrogen-bond acceptors (Lipinski definition) is 3. The zero-order chi connectivity index (χ0) is 18.2. The van der Waals surface area contributed by atoms with Crippen LogP contribution in [0, 0.1) is 6.92 Å². The Bertz CT molecular complexity index is 739. The van der Waals surface area contributed by atoms with Crippen molar-refractivity contribution in [2.75, 3.05) is 17.2 Å². The number of aryl methyl sites for hydroxylation is 1. The van der Waals surface area contributed by atoms with Crippen LogP contribution in [0.25, 0.3) is 0 Å². The number of rotatable bonds is 7. The lowest BCUT2D eigenvalue weighted by Crippen LogP contribution is -2.21. The highest BCUT2D eigenvalue weighted by Crippen LogP contribution is 2.23. The minimum atomic E-state index is -0.248. The average molecular weight is 340 g/mol. The first-order valence-electron chi connectivity index (χ1n) is 8.44. The van der Waals surface area contributed by atoms with Crippen LogP contribution in [-0.2, 0) is 16.0 Å². The molecular formula is C20H24N2O3. The second-order valence-corrected chi connectivity index (χ2v) is 5.71. The van der Waals surface area contributed by atoms with Gasteiger partial charge in [-0.2, -0.15) is 0 Å². The summed E-state index contributed by atoms with van der Waals surface area (Å²) >= 11 is 0. The molecule has 2 N–H and O–H groups in total. The monoisotopic (exact) mass is 340 g/mol. The van der Waals surface area contributed by atoms with Gasteiger partial charge in [0.1, 0.15) is 5.75 Å².